The molecule has 0 radical (unpaired) electrons. The van der Waals surface area contributed by atoms with Crippen molar-refractivity contribution in [2.45, 2.75) is 85.1 Å². The smallest absolute Gasteiger partial charge is 0.00965 e. The number of rotatable bonds is 3. The summed E-state index contributed by atoms with van der Waals surface area (Å²) < 4.78 is 0. The molecule has 0 heterocycles. The Hall–Kier alpha value is -0.0400. The van der Waals surface area contributed by atoms with Crippen LogP contribution in [0.3, 0.4) is 0 Å². The van der Waals surface area contributed by atoms with Crippen LogP contribution in [0, 0.1) is 22.2 Å². The van der Waals surface area contributed by atoms with Gasteiger partial charge in [-0.1, -0.05) is 13.8 Å². The SMILES string of the molecule is CC12CC3CC(C)(C1)CC(CCNC(C)(C)C)(C3)C2. The van der Waals surface area contributed by atoms with Gasteiger partial charge in [0.1, 0.15) is 0 Å². The lowest BCUT2D eigenvalue weighted by Gasteiger charge is -2.65. The zero-order chi connectivity index (χ0) is 13.9. The van der Waals surface area contributed by atoms with Crippen LogP contribution in [0.1, 0.15) is 79.6 Å². The normalized spacial score (nSPS) is 48.8. The van der Waals surface area contributed by atoms with E-state index in [2.05, 4.69) is 39.9 Å². The lowest BCUT2D eigenvalue weighted by molar-refractivity contribution is -0.147. The van der Waals surface area contributed by atoms with E-state index in [0.29, 0.717) is 16.2 Å². The second kappa shape index (κ2) is 4.00. The van der Waals surface area contributed by atoms with E-state index in [1.54, 1.807) is 0 Å². The van der Waals surface area contributed by atoms with Crippen molar-refractivity contribution in [2.75, 3.05) is 6.54 Å². The van der Waals surface area contributed by atoms with Gasteiger partial charge < -0.3 is 5.32 Å². The molecule has 4 fully saturated rings. The van der Waals surface area contributed by atoms with Crippen molar-refractivity contribution in [2.24, 2.45) is 22.2 Å². The summed E-state index contributed by atoms with van der Waals surface area (Å²) in [5, 5.41) is 3.72. The molecular weight excluding hydrogens is 230 g/mol. The molecule has 1 N–H and O–H groups in total. The third-order valence-corrected chi connectivity index (χ3v) is 6.05. The molecule has 1 nitrogen and oxygen atoms in total. The van der Waals surface area contributed by atoms with E-state index >= 15 is 0 Å². The van der Waals surface area contributed by atoms with Crippen LogP contribution in [-0.4, -0.2) is 12.1 Å². The molecule has 2 unspecified atom stereocenters. The molecule has 19 heavy (non-hydrogen) atoms. The summed E-state index contributed by atoms with van der Waals surface area (Å²) in [7, 11) is 0. The maximum Gasteiger partial charge on any atom is 0.00965 e. The number of hydrogen-bond acceptors (Lipinski definition) is 1. The molecule has 4 bridgehead atoms. The summed E-state index contributed by atoms with van der Waals surface area (Å²) >= 11 is 0. The topological polar surface area (TPSA) is 12.0 Å². The van der Waals surface area contributed by atoms with Gasteiger partial charge in [0.05, 0.1) is 0 Å². The van der Waals surface area contributed by atoms with E-state index in [1.807, 2.05) is 0 Å². The number of hydrogen-bond donors (Lipinski definition) is 1. The van der Waals surface area contributed by atoms with Crippen molar-refractivity contribution >= 4 is 0 Å². The third-order valence-electron chi connectivity index (χ3n) is 6.05. The molecule has 0 saturated heterocycles. The molecule has 110 valence electrons. The molecule has 1 heteroatoms. The van der Waals surface area contributed by atoms with Crippen LogP contribution in [0.5, 0.6) is 0 Å². The van der Waals surface area contributed by atoms with Gasteiger partial charge >= 0.3 is 0 Å². The summed E-state index contributed by atoms with van der Waals surface area (Å²) in [4.78, 5) is 0. The van der Waals surface area contributed by atoms with Crippen LogP contribution in [0.15, 0.2) is 0 Å². The van der Waals surface area contributed by atoms with Crippen molar-refractivity contribution < 1.29 is 0 Å². The first-order valence-electron chi connectivity index (χ1n) is 8.36. The summed E-state index contributed by atoms with van der Waals surface area (Å²) in [6.07, 6.45) is 10.5. The Morgan fingerprint density at radius 2 is 1.53 bits per heavy atom. The van der Waals surface area contributed by atoms with Gasteiger partial charge in [-0.2, -0.15) is 0 Å². The molecular formula is C18H33N. The van der Waals surface area contributed by atoms with Crippen molar-refractivity contribution in [1.29, 1.82) is 0 Å². The van der Waals surface area contributed by atoms with E-state index in [9.17, 15) is 0 Å². The van der Waals surface area contributed by atoms with Crippen LogP contribution < -0.4 is 5.32 Å². The van der Waals surface area contributed by atoms with Crippen molar-refractivity contribution in [3.63, 3.8) is 0 Å². The lowest BCUT2D eigenvalue weighted by atomic mass is 9.40. The van der Waals surface area contributed by atoms with E-state index in [-0.39, 0.29) is 5.54 Å². The Morgan fingerprint density at radius 1 is 0.947 bits per heavy atom. The van der Waals surface area contributed by atoms with Gasteiger partial charge in [-0.15, -0.1) is 0 Å². The monoisotopic (exact) mass is 263 g/mol. The highest BCUT2D eigenvalue weighted by atomic mass is 14.9. The third kappa shape index (κ3) is 2.73. The van der Waals surface area contributed by atoms with E-state index < -0.39 is 0 Å². The van der Waals surface area contributed by atoms with Crippen molar-refractivity contribution in [3.8, 4) is 0 Å². The van der Waals surface area contributed by atoms with Crippen LogP contribution in [0.25, 0.3) is 0 Å². The summed E-state index contributed by atoms with van der Waals surface area (Å²) in [5.41, 5.74) is 2.31. The molecule has 2 atom stereocenters. The predicted molar refractivity (Wildman–Crippen MR) is 82.2 cm³/mol. The minimum Gasteiger partial charge on any atom is -0.312 e. The fourth-order valence-corrected chi connectivity index (χ4v) is 6.67. The quantitative estimate of drug-likeness (QED) is 0.774. The molecule has 4 saturated carbocycles. The minimum atomic E-state index is 0.274. The highest BCUT2D eigenvalue weighted by molar-refractivity contribution is 5.10. The van der Waals surface area contributed by atoms with E-state index in [1.165, 1.54) is 51.5 Å². The average Bonchev–Trinajstić information content (AvgIpc) is 2.07. The standard InChI is InChI=1S/C18H33N/c1-15(2,3)19-7-6-18-10-14-8-16(4,12-18)11-17(5,9-14)13-18/h14,19H,6-13H2,1-5H3. The highest BCUT2D eigenvalue weighted by Gasteiger charge is 2.59. The van der Waals surface area contributed by atoms with Gasteiger partial charge in [-0.3, -0.25) is 0 Å². The molecule has 0 aromatic carbocycles. The van der Waals surface area contributed by atoms with Crippen molar-refractivity contribution in [1.82, 2.24) is 5.32 Å². The molecule has 0 amide bonds. The van der Waals surface area contributed by atoms with Crippen LogP contribution >= 0.6 is 0 Å². The Labute approximate surface area is 119 Å². The first-order valence-corrected chi connectivity index (χ1v) is 8.36. The van der Waals surface area contributed by atoms with Gasteiger partial charge in [0.2, 0.25) is 0 Å². The van der Waals surface area contributed by atoms with Gasteiger partial charge in [-0.05, 0) is 94.4 Å². The fourth-order valence-electron chi connectivity index (χ4n) is 6.67. The van der Waals surface area contributed by atoms with Gasteiger partial charge in [0.15, 0.2) is 0 Å². The lowest BCUT2D eigenvalue weighted by Crippen LogP contribution is -2.55. The summed E-state index contributed by atoms with van der Waals surface area (Å²) in [5.74, 6) is 1.04. The van der Waals surface area contributed by atoms with Crippen LogP contribution in [0.4, 0.5) is 0 Å². The maximum atomic E-state index is 3.72. The highest BCUT2D eigenvalue weighted by Crippen LogP contribution is 2.70. The Kier molecular flexibility index (Phi) is 2.93. The Bertz CT molecular complexity index is 346. The van der Waals surface area contributed by atoms with E-state index in [4.69, 9.17) is 0 Å². The first kappa shape index (κ1) is 13.9. The van der Waals surface area contributed by atoms with Gasteiger partial charge in [0, 0.05) is 5.54 Å². The maximum absolute atomic E-state index is 3.72. The first-order chi connectivity index (χ1) is 8.61. The predicted octanol–water partition coefficient (Wildman–Crippen LogP) is 4.76. The molecule has 0 aromatic rings. The largest absolute Gasteiger partial charge is 0.312 e. The number of nitrogens with one attached hydrogen (secondary N) is 1. The minimum absolute atomic E-state index is 0.274. The second-order valence-corrected chi connectivity index (χ2v) is 10.1. The second-order valence-electron chi connectivity index (χ2n) is 10.1. The molecule has 4 aliphatic carbocycles. The zero-order valence-corrected chi connectivity index (χ0v) is 13.7. The van der Waals surface area contributed by atoms with Crippen molar-refractivity contribution in [3.05, 3.63) is 0 Å². The van der Waals surface area contributed by atoms with Gasteiger partial charge in [0.25, 0.3) is 0 Å². The van der Waals surface area contributed by atoms with Crippen LogP contribution in [-0.2, 0) is 0 Å². The molecule has 4 aliphatic rings. The van der Waals surface area contributed by atoms with Gasteiger partial charge in [-0.25, -0.2) is 0 Å². The molecule has 0 spiro atoms. The Balaban J connectivity index is 1.70. The average molecular weight is 263 g/mol. The molecule has 0 aliphatic heterocycles. The zero-order valence-electron chi connectivity index (χ0n) is 13.7. The molecule has 4 rings (SSSR count). The molecule has 0 aromatic heterocycles. The fraction of sp³-hybridized carbons (Fsp3) is 1.00. The summed E-state index contributed by atoms with van der Waals surface area (Å²) in [6, 6.07) is 0. The Morgan fingerprint density at radius 3 is 2.00 bits per heavy atom. The van der Waals surface area contributed by atoms with E-state index in [0.717, 1.165) is 5.92 Å². The summed E-state index contributed by atoms with van der Waals surface area (Å²) in [6.45, 7) is 13.2. The van der Waals surface area contributed by atoms with Crippen LogP contribution in [0.2, 0.25) is 0 Å².